The van der Waals surface area contributed by atoms with Crippen molar-refractivity contribution in [1.82, 2.24) is 52.1 Å². The third kappa shape index (κ3) is 21.7. The summed E-state index contributed by atoms with van der Waals surface area (Å²) in [4.78, 5) is 132. The number of aromatic nitrogens is 2. The van der Waals surface area contributed by atoms with Gasteiger partial charge in [0.1, 0.15) is 41.9 Å². The van der Waals surface area contributed by atoms with Crippen molar-refractivity contribution < 1.29 is 53.4 Å². The van der Waals surface area contributed by atoms with E-state index in [0.717, 1.165) is 0 Å². The number of imidazole rings is 1. The second-order valence-electron chi connectivity index (χ2n) is 17.3. The second-order valence-corrected chi connectivity index (χ2v) is 17.3. The number of rotatable bonds is 34. The average Bonchev–Trinajstić information content (AvgIpc) is 4.06. The number of nitrogens with two attached hydrogens (primary N) is 6. The molecule has 8 amide bonds. The van der Waals surface area contributed by atoms with Gasteiger partial charge in [-0.1, -0.05) is 32.3 Å². The van der Waals surface area contributed by atoms with Gasteiger partial charge in [0.25, 0.3) is 0 Å². The number of likely N-dealkylation sites (tertiary alicyclic amines) is 1. The van der Waals surface area contributed by atoms with E-state index in [2.05, 4.69) is 52.2 Å². The Labute approximate surface area is 418 Å². The van der Waals surface area contributed by atoms with Gasteiger partial charge in [0.15, 0.2) is 5.96 Å². The first-order valence-electron chi connectivity index (χ1n) is 24.2. The molecule has 0 saturated carbocycles. The molecule has 0 radical (unpaired) electrons. The van der Waals surface area contributed by atoms with E-state index in [1.165, 1.54) is 30.4 Å². The normalized spacial score (nSPS) is 16.3. The Morgan fingerprint density at radius 3 is 2.14 bits per heavy atom. The maximum Gasteiger partial charge on any atom is 0.352 e. The first-order valence-corrected chi connectivity index (χ1v) is 24.2. The van der Waals surface area contributed by atoms with Gasteiger partial charge >= 0.3 is 5.97 Å². The number of nitrogens with zero attached hydrogens (tertiary/aromatic N) is 3. The summed E-state index contributed by atoms with van der Waals surface area (Å²) in [5, 5.41) is 37.6. The molecule has 1 aromatic heterocycles. The van der Waals surface area contributed by atoms with Crippen LogP contribution in [-0.4, -0.2) is 172 Å². The highest BCUT2D eigenvalue weighted by molar-refractivity contribution is 5.99. The molecule has 2 heterocycles. The lowest BCUT2D eigenvalue weighted by molar-refractivity contribution is -0.142. The number of nitrogens with one attached hydrogen (secondary N) is 8. The number of aliphatic imine (C=N–C) groups is 1. The molecule has 1 fully saturated rings. The van der Waals surface area contributed by atoms with Crippen molar-refractivity contribution in [1.29, 1.82) is 0 Å². The Morgan fingerprint density at radius 1 is 0.847 bits per heavy atom. The molecule has 72 heavy (non-hydrogen) atoms. The van der Waals surface area contributed by atoms with Crippen molar-refractivity contribution >= 4 is 59.2 Å². The monoisotopic (exact) mass is 1020 g/mol. The predicted octanol–water partition coefficient (Wildman–Crippen LogP) is -5.65. The molecule has 8 atom stereocenters. The van der Waals surface area contributed by atoms with Gasteiger partial charge in [-0.3, -0.25) is 43.3 Å². The molecule has 2 rings (SSSR count). The summed E-state index contributed by atoms with van der Waals surface area (Å²) in [6.45, 7) is 3.02. The number of aliphatic carboxylic acids is 1. The maximum atomic E-state index is 14.2. The zero-order valence-electron chi connectivity index (χ0n) is 41.2. The van der Waals surface area contributed by atoms with E-state index in [1.807, 2.05) is 6.92 Å². The number of amides is 8. The lowest BCUT2D eigenvalue weighted by atomic mass is 10.0. The number of hydrogen-bond acceptors (Lipinski definition) is 16. The van der Waals surface area contributed by atoms with Crippen molar-refractivity contribution in [2.45, 2.75) is 146 Å². The van der Waals surface area contributed by atoms with Gasteiger partial charge < -0.3 is 91.7 Å². The van der Waals surface area contributed by atoms with Gasteiger partial charge in [0, 0.05) is 37.9 Å². The van der Waals surface area contributed by atoms with Crippen molar-refractivity contribution in [2.24, 2.45) is 39.4 Å². The maximum absolute atomic E-state index is 14.2. The van der Waals surface area contributed by atoms with Gasteiger partial charge in [-0.15, -0.1) is 0 Å². The zero-order chi connectivity index (χ0) is 53.8. The summed E-state index contributed by atoms with van der Waals surface area (Å²) in [5.74, 6) is -7.81. The number of carbonyl (C=O) groups is 9. The molecule has 0 unspecified atom stereocenters. The van der Waals surface area contributed by atoms with Crippen molar-refractivity contribution in [3.8, 4) is 0 Å². The standard InChI is InChI=1S/C44H77N17O11/c1-3-4-12-29(56-34(63)23-53-36(64)25(2)55-41(69)35(33(62)21-47)60-37(65)27(48)11-5-7-16-45)42(70)61-19-10-15-32(61)40(68)59-31(20-26-22-51-24-54-26)39(67)57-28(13-6-8-17-46)38(66)58-30(43(71)72)14-9-18-52-44(49)50/h14,22,24-25,27-29,31-33,35,62H,3-13,15-21,23,45-48H2,1-2H3,(H,51,54)(H,53,64)(H,55,69)(H,56,63)(H,57,67)(H,58,66)(H,59,68)(H,60,65)(H,71,72)(H4,49,50,52)/b30-14-/t25-,27-,28-,29+,31-,32-,33-,35-/m0/s1. The summed E-state index contributed by atoms with van der Waals surface area (Å²) >= 11 is 0. The Kier molecular flexibility index (Phi) is 28.1. The fourth-order valence-corrected chi connectivity index (χ4v) is 7.42. The quantitative estimate of drug-likeness (QED) is 0.0132. The highest BCUT2D eigenvalue weighted by Crippen LogP contribution is 2.21. The highest BCUT2D eigenvalue weighted by Gasteiger charge is 2.39. The number of carboxylic acid groups (broad SMARTS) is 1. The predicted molar refractivity (Wildman–Crippen MR) is 263 cm³/mol. The first kappa shape index (κ1) is 61.4. The summed E-state index contributed by atoms with van der Waals surface area (Å²) in [5.41, 5.74) is 33.3. The van der Waals surface area contributed by atoms with Gasteiger partial charge in [-0.25, -0.2) is 9.78 Å². The van der Waals surface area contributed by atoms with Crippen LogP contribution in [0.5, 0.6) is 0 Å². The Hall–Kier alpha value is -6.75. The minimum Gasteiger partial charge on any atom is -0.477 e. The van der Waals surface area contributed by atoms with Gasteiger partial charge in [0.05, 0.1) is 25.0 Å². The van der Waals surface area contributed by atoms with Crippen molar-refractivity contribution in [2.75, 3.05) is 39.3 Å². The summed E-state index contributed by atoms with van der Waals surface area (Å²) in [6.07, 6.45) is 6.73. The molecule has 28 nitrogen and oxygen atoms in total. The van der Waals surface area contributed by atoms with E-state index in [-0.39, 0.29) is 64.1 Å². The summed E-state index contributed by atoms with van der Waals surface area (Å²) in [7, 11) is 0. The van der Waals surface area contributed by atoms with E-state index < -0.39 is 120 Å². The molecule has 0 aromatic carbocycles. The second kappa shape index (κ2) is 33.0. The topological polar surface area (TPSA) is 479 Å². The fraction of sp³-hybridized carbons (Fsp3) is 0.659. The lowest BCUT2D eigenvalue weighted by Crippen LogP contribution is -2.60. The van der Waals surface area contributed by atoms with E-state index in [1.54, 1.807) is 0 Å². The first-order chi connectivity index (χ1) is 34.3. The van der Waals surface area contributed by atoms with Crippen LogP contribution in [-0.2, 0) is 49.6 Å². The van der Waals surface area contributed by atoms with Crippen LogP contribution in [0.15, 0.2) is 29.3 Å². The molecule has 1 aromatic rings. The molecule has 0 aliphatic carbocycles. The Morgan fingerprint density at radius 2 is 1.53 bits per heavy atom. The van der Waals surface area contributed by atoms with Crippen molar-refractivity contribution in [3.05, 3.63) is 30.0 Å². The van der Waals surface area contributed by atoms with E-state index in [4.69, 9.17) is 34.4 Å². The third-order valence-corrected chi connectivity index (χ3v) is 11.5. The summed E-state index contributed by atoms with van der Waals surface area (Å²) < 4.78 is 0. The number of carbonyl (C=O) groups excluding carboxylic acids is 8. The average molecular weight is 1020 g/mol. The molecule has 1 aliphatic rings. The number of H-pyrrole nitrogens is 1. The highest BCUT2D eigenvalue weighted by atomic mass is 16.4. The fourth-order valence-electron chi connectivity index (χ4n) is 7.42. The smallest absolute Gasteiger partial charge is 0.352 e. The molecular formula is C44H77N17O11. The number of guanidine groups is 1. The Bertz CT molecular complexity index is 2000. The number of unbranched alkanes of at least 4 members (excludes halogenated alkanes) is 3. The van der Waals surface area contributed by atoms with Crippen LogP contribution in [0.4, 0.5) is 0 Å². The minimum absolute atomic E-state index is 0.0475. The molecule has 0 spiro atoms. The SMILES string of the molecule is CCCC[C@@H](NC(=O)CNC(=O)[C@H](C)NC(=O)[C@@H](NC(=O)[C@@H](N)CCCCN)[C@@H](O)CN)C(=O)N1CCC[C@H]1C(=O)N[C@@H](Cc1cnc[nH]1)C(=O)N[C@@H](CCCCN)C(=O)N/C(=C\CCN=C(N)N)C(=O)O. The van der Waals surface area contributed by atoms with Crippen LogP contribution >= 0.6 is 0 Å². The van der Waals surface area contributed by atoms with Crippen LogP contribution in [0, 0.1) is 0 Å². The number of aliphatic hydroxyl groups excluding tert-OH is 1. The van der Waals surface area contributed by atoms with E-state index in [0.29, 0.717) is 57.2 Å². The molecule has 404 valence electrons. The van der Waals surface area contributed by atoms with E-state index in [9.17, 15) is 53.4 Å². The molecule has 0 bridgehead atoms. The van der Waals surface area contributed by atoms with Crippen LogP contribution in [0.2, 0.25) is 0 Å². The zero-order valence-corrected chi connectivity index (χ0v) is 41.2. The number of carboxylic acids is 1. The van der Waals surface area contributed by atoms with Gasteiger partial charge in [-0.05, 0) is 77.8 Å². The van der Waals surface area contributed by atoms with Crippen LogP contribution in [0.25, 0.3) is 0 Å². The Balaban J connectivity index is 2.20. The molecule has 1 aliphatic heterocycles. The number of hydrogen-bond donors (Lipinski definition) is 16. The largest absolute Gasteiger partial charge is 0.477 e. The number of aliphatic hydroxyl groups is 1. The summed E-state index contributed by atoms with van der Waals surface area (Å²) in [6, 6.07) is -8.62. The third-order valence-electron chi connectivity index (χ3n) is 11.5. The number of aromatic amines is 1. The molecule has 28 heteroatoms. The van der Waals surface area contributed by atoms with Gasteiger partial charge in [-0.2, -0.15) is 0 Å². The molecule has 1 saturated heterocycles. The minimum atomic E-state index is -1.55. The molecular weight excluding hydrogens is 943 g/mol. The molecule has 22 N–H and O–H groups in total. The van der Waals surface area contributed by atoms with Crippen molar-refractivity contribution in [3.63, 3.8) is 0 Å². The van der Waals surface area contributed by atoms with Crippen LogP contribution < -0.4 is 71.6 Å². The lowest BCUT2D eigenvalue weighted by Gasteiger charge is -2.30. The van der Waals surface area contributed by atoms with E-state index >= 15 is 0 Å². The van der Waals surface area contributed by atoms with Gasteiger partial charge in [0.2, 0.25) is 47.3 Å². The van der Waals surface area contributed by atoms with Crippen LogP contribution in [0.1, 0.15) is 96.6 Å². The van der Waals surface area contributed by atoms with Crippen LogP contribution in [0.3, 0.4) is 0 Å².